The van der Waals surface area contributed by atoms with Crippen LogP contribution in [0.25, 0.3) is 0 Å². The van der Waals surface area contributed by atoms with Gasteiger partial charge in [-0.3, -0.25) is 0 Å². The largest absolute Gasteiger partial charge is 0.511 e. The average molecular weight is 309 g/mol. The number of allylic oxidation sites excluding steroid dienone is 1. The molecule has 0 aromatic rings. The van der Waals surface area contributed by atoms with Crippen molar-refractivity contribution in [1.29, 1.82) is 0 Å². The van der Waals surface area contributed by atoms with E-state index in [1.54, 1.807) is 6.08 Å². The molecule has 0 unspecified atom stereocenters. The Kier molecular flexibility index (Phi) is 7.70. The molecule has 0 saturated carbocycles. The van der Waals surface area contributed by atoms with Crippen molar-refractivity contribution in [3.63, 3.8) is 0 Å². The Bertz CT molecular complexity index is 220. The number of halogens is 2. The maximum absolute atomic E-state index is 5.34. The molecule has 0 aromatic heterocycles. The zero-order valence-corrected chi connectivity index (χ0v) is 11.1. The van der Waals surface area contributed by atoms with E-state index in [0.717, 1.165) is 0 Å². The molecule has 1 aliphatic heterocycles. The van der Waals surface area contributed by atoms with Gasteiger partial charge in [-0.15, -0.1) is 0 Å². The van der Waals surface area contributed by atoms with E-state index < -0.39 is 13.5 Å². The molecule has 78 valence electrons. The molecule has 1 aliphatic rings. The van der Waals surface area contributed by atoms with Gasteiger partial charge in [0.15, 0.2) is 0 Å². The Morgan fingerprint density at radius 3 is 1.85 bits per heavy atom. The van der Waals surface area contributed by atoms with E-state index in [1.165, 1.54) is 0 Å². The van der Waals surface area contributed by atoms with Crippen LogP contribution in [0.5, 0.6) is 0 Å². The predicted octanol–water partition coefficient (Wildman–Crippen LogP) is 2.34. The second-order valence-corrected chi connectivity index (χ2v) is 7.70. The van der Waals surface area contributed by atoms with Crippen molar-refractivity contribution in [2.75, 3.05) is 14.1 Å². The number of rotatable bonds is 0. The summed E-state index contributed by atoms with van der Waals surface area (Å²) in [4.78, 5) is 4.00. The summed E-state index contributed by atoms with van der Waals surface area (Å²) in [7, 11) is 14.7. The Labute approximate surface area is 92.9 Å². The Morgan fingerprint density at radius 1 is 1.31 bits per heavy atom. The summed E-state index contributed by atoms with van der Waals surface area (Å²) in [6, 6.07) is 0. The Hall–Kier alpha value is 0.193. The van der Waals surface area contributed by atoms with Crippen LogP contribution in [-0.2, 0) is 13.5 Å². The number of hydrogen-bond donors (Lipinski definition) is 0. The van der Waals surface area contributed by atoms with Crippen LogP contribution < -0.4 is 0 Å². The van der Waals surface area contributed by atoms with Crippen molar-refractivity contribution in [1.82, 2.24) is 9.80 Å². The van der Waals surface area contributed by atoms with Gasteiger partial charge in [0.2, 0.25) is 0 Å². The third kappa shape index (κ3) is 8.52. The van der Waals surface area contributed by atoms with Crippen molar-refractivity contribution in [2.24, 2.45) is 0 Å². The molecule has 13 heavy (non-hydrogen) atoms. The topological polar surface area (TPSA) is 6.48 Å². The quantitative estimate of drug-likeness (QED) is 0.501. The van der Waals surface area contributed by atoms with Crippen molar-refractivity contribution < 1.29 is 13.5 Å². The van der Waals surface area contributed by atoms with Gasteiger partial charge in [-0.05, 0) is 26.5 Å². The Balaban J connectivity index is 0.000000226. The minimum atomic E-state index is -1.57. The van der Waals surface area contributed by atoms with Gasteiger partial charge in [-0.2, -0.15) is 6.67 Å². The van der Waals surface area contributed by atoms with E-state index in [2.05, 4.69) is 4.26 Å². The first-order chi connectivity index (χ1) is 6.06. The first-order valence-corrected chi connectivity index (χ1v) is 8.92. The van der Waals surface area contributed by atoms with Crippen LogP contribution in [0, 0.1) is 6.67 Å². The van der Waals surface area contributed by atoms with E-state index in [1.807, 2.05) is 49.9 Å². The average Bonchev–Trinajstić information content (AvgIpc) is 2.35. The SMILES string of the molecule is CC=[C]=[Ru]([Cl])[Cl].CN1C=CN(C)[CH-]1. The molecule has 5 heteroatoms. The normalized spacial score (nSPS) is 14.7. The van der Waals surface area contributed by atoms with Crippen molar-refractivity contribution >= 4 is 23.6 Å². The third-order valence-corrected chi connectivity index (χ3v) is 2.87. The van der Waals surface area contributed by atoms with E-state index in [0.29, 0.717) is 0 Å². The molecule has 0 spiro atoms. The van der Waals surface area contributed by atoms with Crippen LogP contribution in [0.2, 0.25) is 0 Å². The third-order valence-electron chi connectivity index (χ3n) is 1.08. The standard InChI is InChI=1S/C5H9N2.C3H4.2ClH.Ru/c1-6-3-4-7(2)5-6;1-3-2;;;/h3-5H,1-2H3;3H,1H3;2*1H;/q-1;;;;+2/p-2. The summed E-state index contributed by atoms with van der Waals surface area (Å²) in [6.45, 7) is 3.85. The van der Waals surface area contributed by atoms with Crippen molar-refractivity contribution in [3.8, 4) is 0 Å². The summed E-state index contributed by atoms with van der Waals surface area (Å²) in [5.41, 5.74) is 0. The molecule has 1 rings (SSSR count). The fourth-order valence-corrected chi connectivity index (χ4v) is 1.94. The van der Waals surface area contributed by atoms with E-state index in [9.17, 15) is 0 Å². The van der Waals surface area contributed by atoms with Gasteiger partial charge < -0.3 is 9.80 Å². The maximum atomic E-state index is 5.34. The van der Waals surface area contributed by atoms with Gasteiger partial charge in [-0.25, -0.2) is 0 Å². The van der Waals surface area contributed by atoms with E-state index in [-0.39, 0.29) is 0 Å². The summed E-state index contributed by atoms with van der Waals surface area (Å²) >= 11 is -1.57. The molecular weight excluding hydrogens is 296 g/mol. The second-order valence-electron chi connectivity index (χ2n) is 2.32. The Morgan fingerprint density at radius 2 is 1.77 bits per heavy atom. The molecular formula is C8H13Cl2N2Ru-. The van der Waals surface area contributed by atoms with Crippen molar-refractivity contribution in [2.45, 2.75) is 6.92 Å². The molecule has 0 atom stereocenters. The van der Waals surface area contributed by atoms with Gasteiger partial charge in [-0.1, -0.05) is 0 Å². The summed E-state index contributed by atoms with van der Waals surface area (Å²) in [5.74, 6) is 0. The fourth-order valence-electron chi connectivity index (χ4n) is 0.652. The van der Waals surface area contributed by atoms with Gasteiger partial charge in [0.1, 0.15) is 0 Å². The minimum absolute atomic E-state index is 1.57. The van der Waals surface area contributed by atoms with Crippen LogP contribution in [-0.4, -0.2) is 28.2 Å². The molecule has 0 bridgehead atoms. The molecule has 1 heterocycles. The van der Waals surface area contributed by atoms with Crippen LogP contribution in [0.1, 0.15) is 6.92 Å². The van der Waals surface area contributed by atoms with Crippen LogP contribution in [0.15, 0.2) is 18.5 Å². The minimum Gasteiger partial charge on any atom is -0.511 e. The number of hydrogen-bond acceptors (Lipinski definition) is 2. The summed E-state index contributed by atoms with van der Waals surface area (Å²) in [5, 5.41) is 0. The molecule has 0 N–H and O–H groups in total. The molecule has 0 aliphatic carbocycles. The van der Waals surface area contributed by atoms with Gasteiger partial charge in [0.05, 0.1) is 0 Å². The van der Waals surface area contributed by atoms with Crippen LogP contribution in [0.4, 0.5) is 0 Å². The van der Waals surface area contributed by atoms with Crippen LogP contribution >= 0.6 is 19.4 Å². The summed E-state index contributed by atoms with van der Waals surface area (Å²) in [6.07, 6.45) is 5.75. The molecule has 0 radical (unpaired) electrons. The predicted molar refractivity (Wildman–Crippen MR) is 55.9 cm³/mol. The molecule has 0 amide bonds. The molecule has 0 aromatic carbocycles. The molecule has 0 saturated heterocycles. The second kappa shape index (κ2) is 7.58. The van der Waals surface area contributed by atoms with Gasteiger partial charge in [0, 0.05) is 0 Å². The van der Waals surface area contributed by atoms with E-state index in [4.69, 9.17) is 19.4 Å². The monoisotopic (exact) mass is 309 g/mol. The first kappa shape index (κ1) is 13.2. The fraction of sp³-hybridized carbons (Fsp3) is 0.375. The summed E-state index contributed by atoms with van der Waals surface area (Å²) < 4.78 is 2.76. The van der Waals surface area contributed by atoms with Crippen LogP contribution in [0.3, 0.4) is 0 Å². The smallest absolute Gasteiger partial charge is 0.0156 e. The first-order valence-electron chi connectivity index (χ1n) is 3.57. The van der Waals surface area contributed by atoms with Gasteiger partial charge >= 0.3 is 50.2 Å². The zero-order valence-electron chi connectivity index (χ0n) is 7.81. The molecule has 2 nitrogen and oxygen atoms in total. The zero-order chi connectivity index (χ0) is 10.3. The van der Waals surface area contributed by atoms with Gasteiger partial charge in [0.25, 0.3) is 0 Å². The van der Waals surface area contributed by atoms with E-state index >= 15 is 0 Å². The van der Waals surface area contributed by atoms with Crippen molar-refractivity contribution in [3.05, 3.63) is 25.1 Å². The molecule has 0 fully saturated rings. The number of nitrogens with zero attached hydrogens (tertiary/aromatic N) is 2. The maximum Gasteiger partial charge on any atom is -0.0156 e.